The number of rotatable bonds is 5. The first-order valence-electron chi connectivity index (χ1n) is 4.91. The SMILES string of the molecule is CNCC(=O)NCc1c(Cl)cccc1OC.Cl. The van der Waals surface area contributed by atoms with Crippen molar-refractivity contribution < 1.29 is 9.53 Å². The van der Waals surface area contributed by atoms with E-state index in [4.69, 9.17) is 16.3 Å². The van der Waals surface area contributed by atoms with Crippen molar-refractivity contribution in [1.29, 1.82) is 0 Å². The lowest BCUT2D eigenvalue weighted by Crippen LogP contribution is -2.31. The van der Waals surface area contributed by atoms with Crippen LogP contribution >= 0.6 is 24.0 Å². The molecule has 0 heterocycles. The fourth-order valence-corrected chi connectivity index (χ4v) is 1.54. The Balaban J connectivity index is 0.00000256. The van der Waals surface area contributed by atoms with Gasteiger partial charge in [0.2, 0.25) is 5.91 Å². The highest BCUT2D eigenvalue weighted by Gasteiger charge is 2.08. The van der Waals surface area contributed by atoms with E-state index in [-0.39, 0.29) is 24.9 Å². The number of likely N-dealkylation sites (N-methyl/N-ethyl adjacent to an activating group) is 1. The summed E-state index contributed by atoms with van der Waals surface area (Å²) in [6, 6.07) is 5.38. The highest BCUT2D eigenvalue weighted by Crippen LogP contribution is 2.25. The van der Waals surface area contributed by atoms with Crippen LogP contribution in [0.3, 0.4) is 0 Å². The second-order valence-electron chi connectivity index (χ2n) is 3.23. The van der Waals surface area contributed by atoms with E-state index >= 15 is 0 Å². The summed E-state index contributed by atoms with van der Waals surface area (Å²) in [5.41, 5.74) is 0.788. The molecule has 4 nitrogen and oxygen atoms in total. The fourth-order valence-electron chi connectivity index (χ4n) is 1.31. The zero-order valence-electron chi connectivity index (χ0n) is 9.75. The molecule has 6 heteroatoms. The van der Waals surface area contributed by atoms with Crippen LogP contribution in [0.25, 0.3) is 0 Å². The van der Waals surface area contributed by atoms with Crippen molar-refractivity contribution in [2.45, 2.75) is 6.54 Å². The van der Waals surface area contributed by atoms with Crippen LogP contribution in [0, 0.1) is 0 Å². The van der Waals surface area contributed by atoms with E-state index in [2.05, 4.69) is 10.6 Å². The molecule has 0 unspecified atom stereocenters. The van der Waals surface area contributed by atoms with Crippen LogP contribution in [0.15, 0.2) is 18.2 Å². The zero-order chi connectivity index (χ0) is 12.0. The van der Waals surface area contributed by atoms with Gasteiger partial charge in [0.1, 0.15) is 5.75 Å². The average molecular weight is 279 g/mol. The van der Waals surface area contributed by atoms with Crippen LogP contribution in [0.2, 0.25) is 5.02 Å². The molecule has 1 amide bonds. The molecule has 0 aliphatic carbocycles. The maximum atomic E-state index is 11.3. The molecule has 0 fully saturated rings. The molecular formula is C11H16Cl2N2O2. The van der Waals surface area contributed by atoms with Crippen molar-refractivity contribution >= 4 is 29.9 Å². The van der Waals surface area contributed by atoms with Gasteiger partial charge in [0, 0.05) is 17.1 Å². The quantitative estimate of drug-likeness (QED) is 0.861. The van der Waals surface area contributed by atoms with Crippen molar-refractivity contribution in [3.63, 3.8) is 0 Å². The summed E-state index contributed by atoms with van der Waals surface area (Å²) in [5, 5.41) is 6.11. The largest absolute Gasteiger partial charge is 0.496 e. The minimum atomic E-state index is -0.0792. The molecule has 2 N–H and O–H groups in total. The Labute approximate surface area is 112 Å². The maximum Gasteiger partial charge on any atom is 0.234 e. The van der Waals surface area contributed by atoms with Gasteiger partial charge < -0.3 is 15.4 Å². The number of benzene rings is 1. The number of ether oxygens (including phenoxy) is 1. The van der Waals surface area contributed by atoms with E-state index in [0.717, 1.165) is 5.56 Å². The van der Waals surface area contributed by atoms with Gasteiger partial charge in [0.05, 0.1) is 13.7 Å². The van der Waals surface area contributed by atoms with Crippen molar-refractivity contribution in [2.24, 2.45) is 0 Å². The van der Waals surface area contributed by atoms with Crippen LogP contribution in [0.5, 0.6) is 5.75 Å². The van der Waals surface area contributed by atoms with Gasteiger partial charge in [0.15, 0.2) is 0 Å². The van der Waals surface area contributed by atoms with E-state index < -0.39 is 0 Å². The Morgan fingerprint density at radius 3 is 2.76 bits per heavy atom. The summed E-state index contributed by atoms with van der Waals surface area (Å²) in [4.78, 5) is 11.3. The average Bonchev–Trinajstić information content (AvgIpc) is 2.27. The lowest BCUT2D eigenvalue weighted by molar-refractivity contribution is -0.120. The summed E-state index contributed by atoms with van der Waals surface area (Å²) >= 11 is 6.02. The molecule has 1 aromatic carbocycles. The fraction of sp³-hybridized carbons (Fsp3) is 0.364. The molecule has 0 radical (unpaired) electrons. The Bertz CT molecular complexity index is 372. The summed E-state index contributed by atoms with van der Waals surface area (Å²) in [6.07, 6.45) is 0. The highest BCUT2D eigenvalue weighted by atomic mass is 35.5. The van der Waals surface area contributed by atoms with Gasteiger partial charge in [-0.3, -0.25) is 4.79 Å². The van der Waals surface area contributed by atoms with Crippen LogP contribution in [-0.4, -0.2) is 26.6 Å². The zero-order valence-corrected chi connectivity index (χ0v) is 11.3. The number of amides is 1. The topological polar surface area (TPSA) is 50.4 Å². The smallest absolute Gasteiger partial charge is 0.234 e. The summed E-state index contributed by atoms with van der Waals surface area (Å²) in [5.74, 6) is 0.599. The number of hydrogen-bond acceptors (Lipinski definition) is 3. The normalized spacial score (nSPS) is 9.35. The van der Waals surface area contributed by atoms with Crippen molar-refractivity contribution in [1.82, 2.24) is 10.6 Å². The van der Waals surface area contributed by atoms with Gasteiger partial charge in [0.25, 0.3) is 0 Å². The van der Waals surface area contributed by atoms with Crippen molar-refractivity contribution in [3.8, 4) is 5.75 Å². The van der Waals surface area contributed by atoms with Gasteiger partial charge in [-0.05, 0) is 19.2 Å². The van der Waals surface area contributed by atoms with Gasteiger partial charge >= 0.3 is 0 Å². The number of carbonyl (C=O) groups is 1. The van der Waals surface area contributed by atoms with Crippen LogP contribution in [-0.2, 0) is 11.3 Å². The standard InChI is InChI=1S/C11H15ClN2O2.ClH/c1-13-7-11(15)14-6-8-9(12)4-3-5-10(8)16-2;/h3-5,13H,6-7H2,1-2H3,(H,14,15);1H. The van der Waals surface area contributed by atoms with Crippen LogP contribution in [0.1, 0.15) is 5.56 Å². The number of carbonyl (C=O) groups excluding carboxylic acids is 1. The third-order valence-electron chi connectivity index (χ3n) is 2.10. The van der Waals surface area contributed by atoms with Gasteiger partial charge in [-0.25, -0.2) is 0 Å². The molecule has 96 valence electrons. The molecule has 17 heavy (non-hydrogen) atoms. The van der Waals surface area contributed by atoms with E-state index in [9.17, 15) is 4.79 Å². The second kappa shape index (κ2) is 8.17. The predicted molar refractivity (Wildman–Crippen MR) is 71.0 cm³/mol. The summed E-state index contributed by atoms with van der Waals surface area (Å²) in [6.45, 7) is 0.649. The molecule has 0 aliphatic heterocycles. The lowest BCUT2D eigenvalue weighted by atomic mass is 10.2. The van der Waals surface area contributed by atoms with Crippen molar-refractivity contribution in [3.05, 3.63) is 28.8 Å². The van der Waals surface area contributed by atoms with Gasteiger partial charge in [-0.2, -0.15) is 0 Å². The highest BCUT2D eigenvalue weighted by molar-refractivity contribution is 6.31. The molecule has 0 bridgehead atoms. The number of halogens is 2. The molecule has 0 saturated heterocycles. The minimum Gasteiger partial charge on any atom is -0.496 e. The minimum absolute atomic E-state index is 0. The summed E-state index contributed by atoms with van der Waals surface area (Å²) in [7, 11) is 3.29. The molecule has 0 atom stereocenters. The molecule has 1 rings (SSSR count). The molecule has 1 aromatic rings. The van der Waals surface area contributed by atoms with Crippen LogP contribution < -0.4 is 15.4 Å². The van der Waals surface area contributed by atoms with E-state index in [0.29, 0.717) is 17.3 Å². The van der Waals surface area contributed by atoms with Gasteiger partial charge in [-0.15, -0.1) is 12.4 Å². The molecular weight excluding hydrogens is 263 g/mol. The third-order valence-corrected chi connectivity index (χ3v) is 2.45. The first-order chi connectivity index (χ1) is 7.69. The Hall–Kier alpha value is -0.970. The molecule has 0 spiro atoms. The maximum absolute atomic E-state index is 11.3. The van der Waals surface area contributed by atoms with E-state index in [1.807, 2.05) is 6.07 Å². The lowest BCUT2D eigenvalue weighted by Gasteiger charge is -2.11. The Morgan fingerprint density at radius 2 is 2.18 bits per heavy atom. The second-order valence-corrected chi connectivity index (χ2v) is 3.63. The molecule has 0 aromatic heterocycles. The third kappa shape index (κ3) is 4.81. The van der Waals surface area contributed by atoms with E-state index in [1.165, 1.54) is 0 Å². The van der Waals surface area contributed by atoms with Gasteiger partial charge in [-0.1, -0.05) is 17.7 Å². The number of nitrogens with one attached hydrogen (secondary N) is 2. The molecule has 0 saturated carbocycles. The monoisotopic (exact) mass is 278 g/mol. The Kier molecular flexibility index (Phi) is 7.70. The first kappa shape index (κ1) is 16.0. The first-order valence-corrected chi connectivity index (χ1v) is 5.29. The van der Waals surface area contributed by atoms with Crippen molar-refractivity contribution in [2.75, 3.05) is 20.7 Å². The van der Waals surface area contributed by atoms with E-state index in [1.54, 1.807) is 26.3 Å². The summed E-state index contributed by atoms with van der Waals surface area (Å²) < 4.78 is 5.17. The number of hydrogen-bond donors (Lipinski definition) is 2. The van der Waals surface area contributed by atoms with Crippen LogP contribution in [0.4, 0.5) is 0 Å². The molecule has 0 aliphatic rings. The predicted octanol–water partition coefficient (Wildman–Crippen LogP) is 1.61. The number of methoxy groups -OCH3 is 1. The Morgan fingerprint density at radius 1 is 1.47 bits per heavy atom.